The summed E-state index contributed by atoms with van der Waals surface area (Å²) in [5.41, 5.74) is 2.93. The smallest absolute Gasteiger partial charge is 0.241 e. The molecule has 0 radical (unpaired) electrons. The summed E-state index contributed by atoms with van der Waals surface area (Å²) in [5, 5.41) is 11.6. The van der Waals surface area contributed by atoms with E-state index < -0.39 is 22.5 Å². The molecule has 7 heteroatoms. The SMILES string of the molecule is N#Cc1ccccc1NC(=O)CNS(=O)(=O)c1ccc2c(c1)CCCC2. The number of amides is 1. The molecule has 6 nitrogen and oxygen atoms in total. The largest absolute Gasteiger partial charge is 0.324 e. The molecule has 0 saturated heterocycles. The maximum Gasteiger partial charge on any atom is 0.241 e. The quantitative estimate of drug-likeness (QED) is 0.845. The molecule has 0 atom stereocenters. The lowest BCUT2D eigenvalue weighted by atomic mass is 9.92. The number of aryl methyl sites for hydroxylation is 2. The van der Waals surface area contributed by atoms with Crippen LogP contribution >= 0.6 is 0 Å². The molecule has 134 valence electrons. The van der Waals surface area contributed by atoms with Crippen LogP contribution in [0.2, 0.25) is 0 Å². The number of rotatable bonds is 5. The fourth-order valence-corrected chi connectivity index (χ4v) is 4.04. The van der Waals surface area contributed by atoms with E-state index in [1.807, 2.05) is 12.1 Å². The van der Waals surface area contributed by atoms with Crippen molar-refractivity contribution in [1.29, 1.82) is 5.26 Å². The molecular weight excluding hydrogens is 350 g/mol. The molecule has 2 N–H and O–H groups in total. The van der Waals surface area contributed by atoms with E-state index in [9.17, 15) is 13.2 Å². The van der Waals surface area contributed by atoms with Crippen molar-refractivity contribution in [3.05, 3.63) is 59.2 Å². The number of hydrogen-bond acceptors (Lipinski definition) is 4. The average molecular weight is 369 g/mol. The number of carbonyl (C=O) groups excluding carboxylic acids is 1. The van der Waals surface area contributed by atoms with Crippen LogP contribution in [0, 0.1) is 11.3 Å². The minimum absolute atomic E-state index is 0.170. The first-order valence-corrected chi connectivity index (χ1v) is 9.88. The van der Waals surface area contributed by atoms with Crippen LogP contribution < -0.4 is 10.0 Å². The highest BCUT2D eigenvalue weighted by Gasteiger charge is 2.19. The summed E-state index contributed by atoms with van der Waals surface area (Å²) in [6.45, 7) is -0.404. The first-order chi connectivity index (χ1) is 12.5. The van der Waals surface area contributed by atoms with Gasteiger partial charge < -0.3 is 5.32 Å². The monoisotopic (exact) mass is 369 g/mol. The third-order valence-electron chi connectivity index (χ3n) is 4.37. The summed E-state index contributed by atoms with van der Waals surface area (Å²) >= 11 is 0. The Hall–Kier alpha value is -2.69. The van der Waals surface area contributed by atoms with Crippen molar-refractivity contribution in [2.45, 2.75) is 30.6 Å². The van der Waals surface area contributed by atoms with Crippen LogP contribution in [0.25, 0.3) is 0 Å². The summed E-state index contributed by atoms with van der Waals surface area (Å²) in [6.07, 6.45) is 4.04. The van der Waals surface area contributed by atoms with E-state index in [2.05, 4.69) is 10.0 Å². The molecule has 0 unspecified atom stereocenters. The number of nitrogens with zero attached hydrogens (tertiary/aromatic N) is 1. The molecule has 1 aliphatic rings. The zero-order valence-corrected chi connectivity index (χ0v) is 15.0. The summed E-state index contributed by atoms with van der Waals surface area (Å²) in [4.78, 5) is 12.2. The molecule has 0 spiro atoms. The Morgan fingerprint density at radius 2 is 1.81 bits per heavy atom. The van der Waals surface area contributed by atoms with Gasteiger partial charge in [0.25, 0.3) is 0 Å². The van der Waals surface area contributed by atoms with E-state index in [1.54, 1.807) is 36.4 Å². The first-order valence-electron chi connectivity index (χ1n) is 8.40. The summed E-state index contributed by atoms with van der Waals surface area (Å²) in [5.74, 6) is -0.533. The molecule has 0 saturated carbocycles. The fraction of sp³-hybridized carbons (Fsp3) is 0.263. The molecule has 0 bridgehead atoms. The van der Waals surface area contributed by atoms with Gasteiger partial charge in [0.1, 0.15) is 6.07 Å². The highest BCUT2D eigenvalue weighted by atomic mass is 32.2. The predicted octanol–water partition coefficient (Wildman–Crippen LogP) is 2.35. The lowest BCUT2D eigenvalue weighted by molar-refractivity contribution is -0.115. The van der Waals surface area contributed by atoms with Crippen molar-refractivity contribution in [2.75, 3.05) is 11.9 Å². The first kappa shape index (κ1) is 18.1. The number of para-hydroxylation sites is 1. The maximum absolute atomic E-state index is 12.5. The van der Waals surface area contributed by atoms with Crippen LogP contribution in [-0.2, 0) is 27.7 Å². The Bertz CT molecular complexity index is 978. The van der Waals surface area contributed by atoms with Gasteiger partial charge >= 0.3 is 0 Å². The van der Waals surface area contributed by atoms with Crippen LogP contribution in [0.3, 0.4) is 0 Å². The van der Waals surface area contributed by atoms with Gasteiger partial charge in [0.05, 0.1) is 22.7 Å². The second-order valence-electron chi connectivity index (χ2n) is 6.17. The molecule has 3 rings (SSSR count). The minimum Gasteiger partial charge on any atom is -0.324 e. The van der Waals surface area contributed by atoms with E-state index in [1.165, 1.54) is 5.56 Å². The molecular formula is C19H19N3O3S. The zero-order chi connectivity index (χ0) is 18.6. The van der Waals surface area contributed by atoms with E-state index in [4.69, 9.17) is 5.26 Å². The second-order valence-corrected chi connectivity index (χ2v) is 7.93. The highest BCUT2D eigenvalue weighted by Crippen LogP contribution is 2.24. The lowest BCUT2D eigenvalue weighted by Crippen LogP contribution is -2.33. The average Bonchev–Trinajstić information content (AvgIpc) is 2.66. The van der Waals surface area contributed by atoms with E-state index >= 15 is 0 Å². The Labute approximate surface area is 152 Å². The van der Waals surface area contributed by atoms with Gasteiger partial charge in [-0.3, -0.25) is 4.79 Å². The maximum atomic E-state index is 12.5. The van der Waals surface area contributed by atoms with Crippen molar-refractivity contribution >= 4 is 21.6 Å². The molecule has 0 fully saturated rings. The normalized spacial score (nSPS) is 13.5. The van der Waals surface area contributed by atoms with Gasteiger partial charge in [-0.15, -0.1) is 0 Å². The van der Waals surface area contributed by atoms with E-state index in [0.717, 1.165) is 31.2 Å². The molecule has 1 amide bonds. The molecule has 1 aliphatic carbocycles. The van der Waals surface area contributed by atoms with Gasteiger partial charge in [0.2, 0.25) is 15.9 Å². The summed E-state index contributed by atoms with van der Waals surface area (Å²) in [6, 6.07) is 13.6. The Balaban J connectivity index is 1.66. The lowest BCUT2D eigenvalue weighted by Gasteiger charge is -2.16. The van der Waals surface area contributed by atoms with Gasteiger partial charge in [-0.2, -0.15) is 5.26 Å². The molecule has 0 aromatic heterocycles. The number of benzene rings is 2. The Kier molecular flexibility index (Phi) is 5.35. The third kappa shape index (κ3) is 4.10. The van der Waals surface area contributed by atoms with Crippen molar-refractivity contribution in [2.24, 2.45) is 0 Å². The second kappa shape index (κ2) is 7.68. The van der Waals surface area contributed by atoms with Crippen molar-refractivity contribution in [3.63, 3.8) is 0 Å². The number of hydrogen-bond donors (Lipinski definition) is 2. The van der Waals surface area contributed by atoms with Crippen LogP contribution in [0.5, 0.6) is 0 Å². The van der Waals surface area contributed by atoms with Crippen LogP contribution in [-0.4, -0.2) is 20.9 Å². The van der Waals surface area contributed by atoms with Gasteiger partial charge in [0.15, 0.2) is 0 Å². The van der Waals surface area contributed by atoms with Crippen molar-refractivity contribution < 1.29 is 13.2 Å². The zero-order valence-electron chi connectivity index (χ0n) is 14.2. The van der Waals surface area contributed by atoms with Gasteiger partial charge in [0, 0.05) is 0 Å². The van der Waals surface area contributed by atoms with Crippen LogP contribution in [0.1, 0.15) is 29.5 Å². The summed E-state index contributed by atoms with van der Waals surface area (Å²) in [7, 11) is -3.77. The number of nitrogens with one attached hydrogen (secondary N) is 2. The summed E-state index contributed by atoms with van der Waals surface area (Å²) < 4.78 is 27.2. The number of sulfonamides is 1. The molecule has 26 heavy (non-hydrogen) atoms. The Morgan fingerprint density at radius 1 is 1.08 bits per heavy atom. The predicted molar refractivity (Wildman–Crippen MR) is 98.1 cm³/mol. The topological polar surface area (TPSA) is 99.1 Å². The van der Waals surface area contributed by atoms with Gasteiger partial charge in [-0.05, 0) is 61.1 Å². The fourth-order valence-electron chi connectivity index (χ4n) is 3.00. The molecule has 2 aromatic rings. The van der Waals surface area contributed by atoms with Crippen molar-refractivity contribution in [1.82, 2.24) is 4.72 Å². The van der Waals surface area contributed by atoms with E-state index in [-0.39, 0.29) is 4.90 Å². The van der Waals surface area contributed by atoms with Gasteiger partial charge in [-0.1, -0.05) is 18.2 Å². The van der Waals surface area contributed by atoms with Crippen LogP contribution in [0.15, 0.2) is 47.4 Å². The van der Waals surface area contributed by atoms with Crippen LogP contribution in [0.4, 0.5) is 5.69 Å². The third-order valence-corrected chi connectivity index (χ3v) is 5.77. The van der Waals surface area contributed by atoms with Gasteiger partial charge in [-0.25, -0.2) is 13.1 Å². The molecule has 0 aliphatic heterocycles. The number of fused-ring (bicyclic) bond motifs is 1. The van der Waals surface area contributed by atoms with Crippen molar-refractivity contribution in [3.8, 4) is 6.07 Å². The van der Waals surface area contributed by atoms with E-state index in [0.29, 0.717) is 11.3 Å². The number of nitriles is 1. The Morgan fingerprint density at radius 3 is 2.58 bits per heavy atom. The highest BCUT2D eigenvalue weighted by molar-refractivity contribution is 7.89. The number of anilines is 1. The minimum atomic E-state index is -3.77. The standard InChI is InChI=1S/C19H19N3O3S/c20-12-16-7-3-4-8-18(16)22-19(23)13-21-26(24,25)17-10-9-14-5-1-2-6-15(14)11-17/h3-4,7-11,21H,1-2,5-6,13H2,(H,22,23). The molecule has 0 heterocycles. The number of carbonyl (C=O) groups is 1. The molecule has 2 aromatic carbocycles.